The number of halogens is 3. The van der Waals surface area contributed by atoms with Gasteiger partial charge in [-0.05, 0) is 30.7 Å². The molecule has 0 radical (unpaired) electrons. The van der Waals surface area contributed by atoms with Gasteiger partial charge in [0.1, 0.15) is 5.75 Å². The Balaban J connectivity index is 2.08. The van der Waals surface area contributed by atoms with Gasteiger partial charge in [-0.15, -0.1) is 0 Å². The fourth-order valence-electron chi connectivity index (χ4n) is 2.21. The topological polar surface area (TPSA) is 21.3 Å². The first kappa shape index (κ1) is 16.4. The lowest BCUT2D eigenvalue weighted by atomic mass is 10.0. The van der Waals surface area contributed by atoms with Gasteiger partial charge in [0.25, 0.3) is 0 Å². The maximum atomic E-state index is 12.7. The lowest BCUT2D eigenvalue weighted by molar-refractivity contribution is -0.137. The Kier molecular flexibility index (Phi) is 5.08. The van der Waals surface area contributed by atoms with Crippen LogP contribution in [0.3, 0.4) is 0 Å². The highest BCUT2D eigenvalue weighted by atomic mass is 19.4. The van der Waals surface area contributed by atoms with Crippen molar-refractivity contribution in [1.29, 1.82) is 0 Å². The number of rotatable bonds is 5. The molecule has 2 aromatic carbocycles. The van der Waals surface area contributed by atoms with Gasteiger partial charge in [-0.3, -0.25) is 0 Å². The highest BCUT2D eigenvalue weighted by molar-refractivity contribution is 5.33. The Morgan fingerprint density at radius 2 is 1.82 bits per heavy atom. The monoisotopic (exact) mass is 309 g/mol. The van der Waals surface area contributed by atoms with Crippen LogP contribution in [-0.2, 0) is 12.7 Å². The lowest BCUT2D eigenvalue weighted by Crippen LogP contribution is -2.19. The van der Waals surface area contributed by atoms with Crippen molar-refractivity contribution in [2.24, 2.45) is 0 Å². The van der Waals surface area contributed by atoms with Crippen LogP contribution in [0.1, 0.15) is 29.7 Å². The molecule has 0 saturated heterocycles. The summed E-state index contributed by atoms with van der Waals surface area (Å²) >= 11 is 0. The van der Waals surface area contributed by atoms with Crippen molar-refractivity contribution < 1.29 is 17.9 Å². The number of nitrogens with one attached hydrogen (secondary N) is 1. The predicted molar refractivity (Wildman–Crippen MR) is 79.7 cm³/mol. The number of hydrogen-bond acceptors (Lipinski definition) is 2. The van der Waals surface area contributed by atoms with E-state index in [-0.39, 0.29) is 6.04 Å². The molecule has 1 N–H and O–H groups in total. The lowest BCUT2D eigenvalue weighted by Gasteiger charge is -2.17. The second-order valence-electron chi connectivity index (χ2n) is 5.04. The molecular weight excluding hydrogens is 291 g/mol. The average Bonchev–Trinajstić information content (AvgIpc) is 2.52. The molecule has 0 spiro atoms. The molecule has 1 unspecified atom stereocenters. The van der Waals surface area contributed by atoms with Gasteiger partial charge in [0, 0.05) is 18.2 Å². The molecule has 0 saturated carbocycles. The summed E-state index contributed by atoms with van der Waals surface area (Å²) < 4.78 is 43.5. The normalized spacial score (nSPS) is 13.0. The first-order chi connectivity index (χ1) is 10.4. The maximum absolute atomic E-state index is 12.7. The molecule has 0 aliphatic heterocycles. The van der Waals surface area contributed by atoms with Crippen LogP contribution in [0.4, 0.5) is 13.2 Å². The van der Waals surface area contributed by atoms with Crippen LogP contribution in [0.25, 0.3) is 0 Å². The summed E-state index contributed by atoms with van der Waals surface area (Å²) in [6.07, 6.45) is -4.32. The van der Waals surface area contributed by atoms with E-state index in [0.717, 1.165) is 17.4 Å². The second-order valence-corrected chi connectivity index (χ2v) is 5.04. The Hall–Kier alpha value is -2.01. The second kappa shape index (κ2) is 6.83. The number of alkyl halides is 3. The molecule has 2 rings (SSSR count). The third-order valence-electron chi connectivity index (χ3n) is 3.51. The van der Waals surface area contributed by atoms with Gasteiger partial charge in [0.2, 0.25) is 0 Å². The van der Waals surface area contributed by atoms with E-state index >= 15 is 0 Å². The standard InChI is InChI=1S/C17H18F3NO/c1-12(13-7-5-8-15(10-13)17(18,19)20)21-11-14-6-3-4-9-16(14)22-2/h3-10,12,21H,11H2,1-2H3. The van der Waals surface area contributed by atoms with E-state index < -0.39 is 11.7 Å². The third kappa shape index (κ3) is 4.01. The van der Waals surface area contributed by atoms with Crippen LogP contribution in [0.2, 0.25) is 0 Å². The van der Waals surface area contributed by atoms with Crippen LogP contribution < -0.4 is 10.1 Å². The van der Waals surface area contributed by atoms with Gasteiger partial charge in [0.05, 0.1) is 12.7 Å². The number of methoxy groups -OCH3 is 1. The highest BCUT2D eigenvalue weighted by Crippen LogP contribution is 2.30. The molecule has 2 nitrogen and oxygen atoms in total. The molecular formula is C17H18F3NO. The van der Waals surface area contributed by atoms with Crippen molar-refractivity contribution in [3.05, 3.63) is 65.2 Å². The molecule has 22 heavy (non-hydrogen) atoms. The summed E-state index contributed by atoms with van der Waals surface area (Å²) in [5.41, 5.74) is 0.935. The van der Waals surface area contributed by atoms with Gasteiger partial charge in [0.15, 0.2) is 0 Å². The first-order valence-electron chi connectivity index (χ1n) is 6.94. The summed E-state index contributed by atoms with van der Waals surface area (Å²) in [6.45, 7) is 2.35. The van der Waals surface area contributed by atoms with Crippen molar-refractivity contribution >= 4 is 0 Å². The van der Waals surface area contributed by atoms with Crippen molar-refractivity contribution in [3.8, 4) is 5.75 Å². The third-order valence-corrected chi connectivity index (χ3v) is 3.51. The summed E-state index contributed by atoms with van der Waals surface area (Å²) in [4.78, 5) is 0. The molecule has 5 heteroatoms. The minimum Gasteiger partial charge on any atom is -0.496 e. The summed E-state index contributed by atoms with van der Waals surface area (Å²) in [7, 11) is 1.59. The minimum atomic E-state index is -4.32. The number of para-hydroxylation sites is 1. The van der Waals surface area contributed by atoms with Gasteiger partial charge < -0.3 is 10.1 Å². The van der Waals surface area contributed by atoms with Crippen LogP contribution in [-0.4, -0.2) is 7.11 Å². The summed E-state index contributed by atoms with van der Waals surface area (Å²) in [6, 6.07) is 12.7. The molecule has 0 fully saturated rings. The van der Waals surface area contributed by atoms with E-state index in [2.05, 4.69) is 5.32 Å². The fourth-order valence-corrected chi connectivity index (χ4v) is 2.21. The summed E-state index contributed by atoms with van der Waals surface area (Å²) in [5.74, 6) is 0.756. The molecule has 1 atom stereocenters. The summed E-state index contributed by atoms with van der Waals surface area (Å²) in [5, 5.41) is 3.22. The van der Waals surface area contributed by atoms with E-state index in [1.165, 1.54) is 12.1 Å². The van der Waals surface area contributed by atoms with Crippen molar-refractivity contribution in [2.75, 3.05) is 7.11 Å². The number of hydrogen-bond donors (Lipinski definition) is 1. The molecule has 0 aliphatic carbocycles. The van der Waals surface area contributed by atoms with E-state index in [1.54, 1.807) is 13.2 Å². The van der Waals surface area contributed by atoms with Gasteiger partial charge in [-0.2, -0.15) is 13.2 Å². The fraction of sp³-hybridized carbons (Fsp3) is 0.294. The number of ether oxygens (including phenoxy) is 1. The van der Waals surface area contributed by atoms with E-state index in [9.17, 15) is 13.2 Å². The Morgan fingerprint density at radius 1 is 1.09 bits per heavy atom. The molecule has 0 bridgehead atoms. The van der Waals surface area contributed by atoms with Gasteiger partial charge in [-0.1, -0.05) is 30.3 Å². The van der Waals surface area contributed by atoms with Crippen LogP contribution >= 0.6 is 0 Å². The van der Waals surface area contributed by atoms with Crippen LogP contribution in [0.15, 0.2) is 48.5 Å². The maximum Gasteiger partial charge on any atom is 0.416 e. The predicted octanol–water partition coefficient (Wildman–Crippen LogP) is 4.56. The quantitative estimate of drug-likeness (QED) is 0.874. The van der Waals surface area contributed by atoms with Gasteiger partial charge >= 0.3 is 6.18 Å². The molecule has 0 aromatic heterocycles. The molecule has 0 heterocycles. The average molecular weight is 309 g/mol. The minimum absolute atomic E-state index is 0.202. The molecule has 118 valence electrons. The Bertz CT molecular complexity index is 625. The van der Waals surface area contributed by atoms with Crippen LogP contribution in [0.5, 0.6) is 5.75 Å². The number of benzene rings is 2. The largest absolute Gasteiger partial charge is 0.496 e. The first-order valence-corrected chi connectivity index (χ1v) is 6.94. The SMILES string of the molecule is COc1ccccc1CNC(C)c1cccc(C(F)(F)F)c1. The van der Waals surface area contributed by atoms with E-state index in [1.807, 2.05) is 31.2 Å². The zero-order valence-corrected chi connectivity index (χ0v) is 12.4. The van der Waals surface area contributed by atoms with Gasteiger partial charge in [-0.25, -0.2) is 0 Å². The van der Waals surface area contributed by atoms with Crippen molar-refractivity contribution in [1.82, 2.24) is 5.32 Å². The Labute approximate surface area is 127 Å². The molecule has 0 amide bonds. The smallest absolute Gasteiger partial charge is 0.416 e. The van der Waals surface area contributed by atoms with Crippen molar-refractivity contribution in [3.63, 3.8) is 0 Å². The highest BCUT2D eigenvalue weighted by Gasteiger charge is 2.30. The Morgan fingerprint density at radius 3 is 2.50 bits per heavy atom. The van der Waals surface area contributed by atoms with Crippen molar-refractivity contribution in [2.45, 2.75) is 25.7 Å². The molecule has 0 aliphatic rings. The van der Waals surface area contributed by atoms with E-state index in [0.29, 0.717) is 12.1 Å². The van der Waals surface area contributed by atoms with E-state index in [4.69, 9.17) is 4.74 Å². The zero-order valence-electron chi connectivity index (χ0n) is 12.4. The van der Waals surface area contributed by atoms with Crippen LogP contribution in [0, 0.1) is 0 Å². The molecule has 2 aromatic rings. The zero-order chi connectivity index (χ0) is 16.2.